The van der Waals surface area contributed by atoms with Gasteiger partial charge in [-0.25, -0.2) is 13.0 Å². The van der Waals surface area contributed by atoms with E-state index in [1.807, 2.05) is 13.8 Å². The van der Waals surface area contributed by atoms with E-state index in [-0.39, 0.29) is 63.3 Å². The standard InChI is InChI=1S/C20H38O7S.C8H17O2P.Na/c1-5-9-11-16(7-3)14-26-19(21)13-18(28(23,24)25)20(22)27-15-17(8-4)12-10-6-2;1-2-3-4-5-6-7-8-10-11-9;/h16-18H,5-15H2,1-4H3,(H,23,24,25);2-8H2,1H3;/q;;+1/p-1. The van der Waals surface area contributed by atoms with Crippen LogP contribution in [0.5, 0.6) is 0 Å². The Morgan fingerprint density at radius 1 is 0.750 bits per heavy atom. The van der Waals surface area contributed by atoms with Crippen LogP contribution in [0, 0.1) is 11.8 Å². The van der Waals surface area contributed by atoms with Crippen LogP contribution in [0.4, 0.5) is 0 Å². The molecule has 0 aliphatic carbocycles. The van der Waals surface area contributed by atoms with E-state index < -0.39 is 33.7 Å². The molecule has 3 atom stereocenters. The summed E-state index contributed by atoms with van der Waals surface area (Å²) in [4.78, 5) is 24.1. The number of hydrogen-bond acceptors (Lipinski definition) is 9. The Morgan fingerprint density at radius 2 is 1.23 bits per heavy atom. The molecule has 0 fully saturated rings. The van der Waals surface area contributed by atoms with Crippen LogP contribution in [0.3, 0.4) is 0 Å². The Bertz CT molecular complexity index is 723. The molecule has 0 rings (SSSR count). The maximum Gasteiger partial charge on any atom is 1.00 e. The summed E-state index contributed by atoms with van der Waals surface area (Å²) in [6, 6.07) is 0. The topological polar surface area (TPSA) is 136 Å². The van der Waals surface area contributed by atoms with Gasteiger partial charge in [0.2, 0.25) is 0 Å². The molecule has 0 heterocycles. The van der Waals surface area contributed by atoms with Crippen LogP contribution in [0.1, 0.15) is 131 Å². The fourth-order valence-electron chi connectivity index (χ4n) is 3.80. The van der Waals surface area contributed by atoms with Crippen molar-refractivity contribution in [2.75, 3.05) is 19.8 Å². The van der Waals surface area contributed by atoms with Crippen molar-refractivity contribution >= 4 is 30.7 Å². The van der Waals surface area contributed by atoms with Gasteiger partial charge in [-0.1, -0.05) is 105 Å². The minimum absolute atomic E-state index is 0. The van der Waals surface area contributed by atoms with Gasteiger partial charge in [0.05, 0.1) is 26.2 Å². The van der Waals surface area contributed by atoms with Gasteiger partial charge < -0.3 is 14.0 Å². The third-order valence-corrected chi connectivity index (χ3v) is 7.98. The van der Waals surface area contributed by atoms with E-state index in [2.05, 4.69) is 25.3 Å². The number of esters is 2. The first-order valence-corrected chi connectivity index (χ1v) is 17.0. The molecule has 0 aromatic rings. The van der Waals surface area contributed by atoms with Crippen molar-refractivity contribution in [3.05, 3.63) is 0 Å². The summed E-state index contributed by atoms with van der Waals surface area (Å²) in [5.41, 5.74) is 0. The molecule has 0 radical (unpaired) electrons. The normalized spacial score (nSPS) is 13.3. The molecule has 0 aromatic carbocycles. The van der Waals surface area contributed by atoms with E-state index in [4.69, 9.17) is 9.47 Å². The summed E-state index contributed by atoms with van der Waals surface area (Å²) in [6.07, 6.45) is 14.1. The zero-order valence-electron chi connectivity index (χ0n) is 26.0. The zero-order valence-corrected chi connectivity index (χ0v) is 29.7. The molecule has 0 aliphatic heterocycles. The van der Waals surface area contributed by atoms with Crippen molar-refractivity contribution in [1.82, 2.24) is 0 Å². The molecule has 3 unspecified atom stereocenters. The van der Waals surface area contributed by atoms with E-state index in [1.165, 1.54) is 32.1 Å². The van der Waals surface area contributed by atoms with Crippen LogP contribution in [0.25, 0.3) is 0 Å². The van der Waals surface area contributed by atoms with Crippen molar-refractivity contribution in [3.63, 3.8) is 0 Å². The van der Waals surface area contributed by atoms with Crippen molar-refractivity contribution in [3.8, 4) is 0 Å². The number of rotatable bonds is 24. The monoisotopic (exact) mass is 620 g/mol. The van der Waals surface area contributed by atoms with Crippen molar-refractivity contribution in [2.45, 2.75) is 136 Å². The van der Waals surface area contributed by atoms with Gasteiger partial charge >= 0.3 is 50.2 Å². The van der Waals surface area contributed by atoms with E-state index in [0.717, 1.165) is 57.8 Å². The average Bonchev–Trinajstić information content (AvgIpc) is 2.91. The fraction of sp³-hybridized carbons (Fsp3) is 0.929. The SMILES string of the molecule is CCCCC(CC)COC(=O)CC(C(=O)OCC(CC)CCCC)S(=O)(=O)[O-].CCCCCCCCOP=O.[Na+]. The molecule has 0 bridgehead atoms. The molecule has 9 nitrogen and oxygen atoms in total. The van der Waals surface area contributed by atoms with Crippen LogP contribution in [-0.4, -0.2) is 50.0 Å². The van der Waals surface area contributed by atoms with Gasteiger partial charge in [0.1, 0.15) is 10.1 Å². The summed E-state index contributed by atoms with van der Waals surface area (Å²) in [7, 11) is -5.19. The quantitative estimate of drug-likeness (QED) is 0.0506. The first-order chi connectivity index (χ1) is 18.6. The van der Waals surface area contributed by atoms with Crippen LogP contribution in [0.2, 0.25) is 0 Å². The van der Waals surface area contributed by atoms with Crippen LogP contribution in [-0.2, 0) is 38.3 Å². The number of carbonyl (C=O) groups is 2. The Hall–Kier alpha value is -0.0900. The number of unbranched alkanes of at least 4 members (excludes halogenated alkanes) is 7. The van der Waals surface area contributed by atoms with Crippen LogP contribution < -0.4 is 29.6 Å². The van der Waals surface area contributed by atoms with Gasteiger partial charge in [0.15, 0.2) is 5.25 Å². The van der Waals surface area contributed by atoms with E-state index >= 15 is 0 Å². The minimum atomic E-state index is -5.01. The Kier molecular flexibility index (Phi) is 33.7. The van der Waals surface area contributed by atoms with Gasteiger partial charge in [0, 0.05) is 0 Å². The van der Waals surface area contributed by atoms with Crippen LogP contribution >= 0.6 is 8.69 Å². The van der Waals surface area contributed by atoms with Crippen molar-refractivity contribution in [2.24, 2.45) is 11.8 Å². The summed E-state index contributed by atoms with van der Waals surface area (Å²) in [6.45, 7) is 11.1. The van der Waals surface area contributed by atoms with Gasteiger partial charge in [-0.3, -0.25) is 14.1 Å². The Balaban J connectivity index is -0.000000960. The number of carbonyl (C=O) groups excluding carboxylic acids is 2. The molecule has 12 heteroatoms. The minimum Gasteiger partial charge on any atom is -0.747 e. The van der Waals surface area contributed by atoms with Gasteiger partial charge in [-0.15, -0.1) is 0 Å². The second-order valence-electron chi connectivity index (χ2n) is 10.0. The molecule has 232 valence electrons. The van der Waals surface area contributed by atoms with Gasteiger partial charge in [-0.05, 0) is 31.1 Å². The molecule has 0 saturated carbocycles. The second kappa shape index (κ2) is 30.4. The largest absolute Gasteiger partial charge is 1.00 e. The fourth-order valence-corrected chi connectivity index (χ4v) is 4.65. The Labute approximate surface area is 268 Å². The van der Waals surface area contributed by atoms with Crippen molar-refractivity contribution in [1.29, 1.82) is 0 Å². The second-order valence-corrected chi connectivity index (χ2v) is 12.0. The van der Waals surface area contributed by atoms with E-state index in [0.29, 0.717) is 6.61 Å². The van der Waals surface area contributed by atoms with E-state index in [9.17, 15) is 27.1 Å². The first-order valence-electron chi connectivity index (χ1n) is 14.8. The smallest absolute Gasteiger partial charge is 0.747 e. The molecule has 0 saturated heterocycles. The molecule has 0 aromatic heterocycles. The van der Waals surface area contributed by atoms with Crippen molar-refractivity contribution < 1.29 is 70.7 Å². The Morgan fingerprint density at radius 3 is 1.68 bits per heavy atom. The summed E-state index contributed by atoms with van der Waals surface area (Å²) >= 11 is 0. The predicted molar refractivity (Wildman–Crippen MR) is 154 cm³/mol. The third kappa shape index (κ3) is 26.8. The number of hydrogen-bond donors (Lipinski definition) is 0. The molecular formula is C28H54NaO9PS. The van der Waals surface area contributed by atoms with Gasteiger partial charge in [-0.2, -0.15) is 0 Å². The zero-order chi connectivity index (χ0) is 29.9. The van der Waals surface area contributed by atoms with E-state index in [1.54, 1.807) is 0 Å². The number of ether oxygens (including phenoxy) is 2. The predicted octanol–water partition coefficient (Wildman–Crippen LogP) is 4.38. The molecule has 0 N–H and O–H groups in total. The maximum atomic E-state index is 12.1. The average molecular weight is 621 g/mol. The third-order valence-electron chi connectivity index (χ3n) is 6.63. The molecule has 0 amide bonds. The summed E-state index contributed by atoms with van der Waals surface area (Å²) in [5, 5.41) is -2.06. The molecule has 0 aliphatic rings. The van der Waals surface area contributed by atoms with Gasteiger partial charge in [0.25, 0.3) is 0 Å². The molecule has 0 spiro atoms. The molecular weight excluding hydrogens is 566 g/mol. The first kappa shape index (κ1) is 44.4. The maximum absolute atomic E-state index is 12.1. The summed E-state index contributed by atoms with van der Waals surface area (Å²) in [5.74, 6) is -1.74. The summed E-state index contributed by atoms with van der Waals surface area (Å²) < 4.78 is 59.0. The van der Waals surface area contributed by atoms with Crippen LogP contribution in [0.15, 0.2) is 0 Å². The molecule has 40 heavy (non-hydrogen) atoms.